The van der Waals surface area contributed by atoms with Gasteiger partial charge in [-0.1, -0.05) is 0 Å². The molecular formula is C16H26N8. The van der Waals surface area contributed by atoms with Crippen LogP contribution >= 0.6 is 0 Å². The first kappa shape index (κ1) is 16.6. The van der Waals surface area contributed by atoms with Crippen molar-refractivity contribution in [3.05, 3.63) is 24.7 Å². The lowest BCUT2D eigenvalue weighted by atomic mass is 10.0. The molecule has 0 aliphatic carbocycles. The number of likely N-dealkylation sites (N-methyl/N-ethyl adjacent to an activating group) is 1. The first-order valence-electron chi connectivity index (χ1n) is 8.43. The molecule has 3 heterocycles. The van der Waals surface area contributed by atoms with E-state index in [0.29, 0.717) is 6.04 Å². The first-order chi connectivity index (χ1) is 11.6. The van der Waals surface area contributed by atoms with Crippen LogP contribution in [0, 0.1) is 0 Å². The highest BCUT2D eigenvalue weighted by Crippen LogP contribution is 2.20. The van der Waals surface area contributed by atoms with Gasteiger partial charge in [-0.15, -0.1) is 0 Å². The highest BCUT2D eigenvalue weighted by molar-refractivity contribution is 5.43. The third-order valence-electron chi connectivity index (χ3n) is 4.50. The van der Waals surface area contributed by atoms with Crippen LogP contribution in [0.1, 0.15) is 12.8 Å². The second-order valence-corrected chi connectivity index (χ2v) is 6.44. The van der Waals surface area contributed by atoms with Gasteiger partial charge < -0.3 is 9.80 Å². The Morgan fingerprint density at radius 1 is 1.12 bits per heavy atom. The van der Waals surface area contributed by atoms with Crippen LogP contribution < -0.4 is 9.80 Å². The van der Waals surface area contributed by atoms with Gasteiger partial charge in [0.25, 0.3) is 0 Å². The van der Waals surface area contributed by atoms with Crippen LogP contribution in [0.15, 0.2) is 24.7 Å². The van der Waals surface area contributed by atoms with Crippen molar-refractivity contribution in [2.75, 3.05) is 50.6 Å². The van der Waals surface area contributed by atoms with Gasteiger partial charge in [0, 0.05) is 46.5 Å². The summed E-state index contributed by atoms with van der Waals surface area (Å²) in [6.45, 7) is 3.99. The smallest absolute Gasteiger partial charge is 0.226 e. The molecule has 1 saturated heterocycles. The van der Waals surface area contributed by atoms with Crippen molar-refractivity contribution < 1.29 is 0 Å². The van der Waals surface area contributed by atoms with E-state index in [1.165, 1.54) is 12.8 Å². The summed E-state index contributed by atoms with van der Waals surface area (Å²) < 4.78 is 0. The molecule has 2 aromatic rings. The molecule has 1 aliphatic rings. The maximum Gasteiger partial charge on any atom is 0.226 e. The highest BCUT2D eigenvalue weighted by Gasteiger charge is 2.24. The number of hydrogen-bond acceptors (Lipinski definition) is 7. The van der Waals surface area contributed by atoms with E-state index in [9.17, 15) is 0 Å². The predicted molar refractivity (Wildman–Crippen MR) is 94.2 cm³/mol. The molecule has 8 heteroatoms. The molecule has 24 heavy (non-hydrogen) atoms. The topological polar surface area (TPSA) is 66.2 Å². The maximum atomic E-state index is 4.66. The van der Waals surface area contributed by atoms with E-state index in [2.05, 4.69) is 37.0 Å². The Labute approximate surface area is 143 Å². The van der Waals surface area contributed by atoms with Crippen molar-refractivity contribution in [1.82, 2.24) is 29.9 Å². The summed E-state index contributed by atoms with van der Waals surface area (Å²) in [5, 5.41) is 8.35. The third kappa shape index (κ3) is 4.00. The van der Waals surface area contributed by atoms with Crippen LogP contribution in [0.2, 0.25) is 0 Å². The van der Waals surface area contributed by atoms with E-state index in [-0.39, 0.29) is 0 Å². The Hall–Kier alpha value is -2.22. The first-order valence-corrected chi connectivity index (χ1v) is 8.43. The van der Waals surface area contributed by atoms with E-state index in [1.54, 1.807) is 17.2 Å². The van der Waals surface area contributed by atoms with E-state index in [0.717, 1.165) is 37.9 Å². The quantitative estimate of drug-likeness (QED) is 0.774. The monoisotopic (exact) mass is 330 g/mol. The Morgan fingerprint density at radius 2 is 1.92 bits per heavy atom. The fraction of sp³-hybridized carbons (Fsp3) is 0.625. The maximum absolute atomic E-state index is 4.66. The zero-order valence-corrected chi connectivity index (χ0v) is 14.7. The Morgan fingerprint density at radius 3 is 2.67 bits per heavy atom. The van der Waals surface area contributed by atoms with Crippen LogP contribution in [0.5, 0.6) is 0 Å². The Bertz CT molecular complexity index is 627. The van der Waals surface area contributed by atoms with Crippen LogP contribution in [0.4, 0.5) is 11.8 Å². The largest absolute Gasteiger partial charge is 0.355 e. The van der Waals surface area contributed by atoms with E-state index >= 15 is 0 Å². The molecule has 0 aromatic carbocycles. The SMILES string of the molecule is CN(C)c1nccc(N(C)C2CCCN(CCn3nccn3)C2)n1. The molecule has 1 aliphatic heterocycles. The summed E-state index contributed by atoms with van der Waals surface area (Å²) in [6, 6.07) is 2.45. The van der Waals surface area contributed by atoms with Gasteiger partial charge in [-0.05, 0) is 25.5 Å². The van der Waals surface area contributed by atoms with E-state index in [1.807, 2.05) is 31.3 Å². The number of rotatable bonds is 6. The highest BCUT2D eigenvalue weighted by atomic mass is 15.5. The Kier molecular flexibility index (Phi) is 5.24. The van der Waals surface area contributed by atoms with Crippen LogP contribution in [0.3, 0.4) is 0 Å². The minimum atomic E-state index is 0.467. The van der Waals surface area contributed by atoms with Gasteiger partial charge in [-0.25, -0.2) is 4.98 Å². The van der Waals surface area contributed by atoms with E-state index < -0.39 is 0 Å². The lowest BCUT2D eigenvalue weighted by molar-refractivity contribution is 0.194. The molecule has 0 bridgehead atoms. The fourth-order valence-corrected chi connectivity index (χ4v) is 3.08. The normalized spacial score (nSPS) is 18.5. The van der Waals surface area contributed by atoms with Gasteiger partial charge in [0.15, 0.2) is 0 Å². The molecule has 0 amide bonds. The van der Waals surface area contributed by atoms with Gasteiger partial charge in [-0.3, -0.25) is 4.90 Å². The third-order valence-corrected chi connectivity index (χ3v) is 4.50. The number of nitrogens with zero attached hydrogens (tertiary/aromatic N) is 8. The van der Waals surface area contributed by atoms with Gasteiger partial charge in [0.2, 0.25) is 5.95 Å². The lowest BCUT2D eigenvalue weighted by Gasteiger charge is -2.38. The molecule has 0 saturated carbocycles. The summed E-state index contributed by atoms with van der Waals surface area (Å²) >= 11 is 0. The summed E-state index contributed by atoms with van der Waals surface area (Å²) in [5.74, 6) is 1.73. The average molecular weight is 330 g/mol. The predicted octanol–water partition coefficient (Wildman–Crippen LogP) is 0.735. The van der Waals surface area contributed by atoms with Crippen molar-refractivity contribution in [1.29, 1.82) is 0 Å². The molecule has 3 rings (SSSR count). The van der Waals surface area contributed by atoms with Crippen LogP contribution in [-0.4, -0.2) is 76.7 Å². The second kappa shape index (κ2) is 7.57. The number of anilines is 2. The molecule has 1 atom stereocenters. The number of aromatic nitrogens is 5. The van der Waals surface area contributed by atoms with Crippen molar-refractivity contribution in [3.8, 4) is 0 Å². The summed E-state index contributed by atoms with van der Waals surface area (Å²) in [4.78, 5) is 17.4. The minimum absolute atomic E-state index is 0.467. The number of likely N-dealkylation sites (tertiary alicyclic amines) is 1. The summed E-state index contributed by atoms with van der Waals surface area (Å²) in [5.41, 5.74) is 0. The molecule has 8 nitrogen and oxygen atoms in total. The van der Waals surface area contributed by atoms with Gasteiger partial charge in [-0.2, -0.15) is 20.0 Å². The molecule has 0 N–H and O–H groups in total. The number of piperidine rings is 1. The molecule has 0 spiro atoms. The van der Waals surface area contributed by atoms with Crippen molar-refractivity contribution in [2.24, 2.45) is 0 Å². The zero-order valence-electron chi connectivity index (χ0n) is 14.7. The standard InChI is InChI=1S/C16H26N8/c1-21(2)16-17-7-6-15(20-16)22(3)14-5-4-10-23(13-14)11-12-24-18-8-9-19-24/h6-9,14H,4-5,10-13H2,1-3H3. The van der Waals surface area contributed by atoms with Crippen LogP contribution in [0.25, 0.3) is 0 Å². The van der Waals surface area contributed by atoms with Gasteiger partial charge >= 0.3 is 0 Å². The molecule has 0 radical (unpaired) electrons. The van der Waals surface area contributed by atoms with Gasteiger partial charge in [0.1, 0.15) is 5.82 Å². The fourth-order valence-electron chi connectivity index (χ4n) is 3.08. The van der Waals surface area contributed by atoms with Crippen molar-refractivity contribution in [3.63, 3.8) is 0 Å². The van der Waals surface area contributed by atoms with Crippen LogP contribution in [-0.2, 0) is 6.54 Å². The summed E-state index contributed by atoms with van der Waals surface area (Å²) in [6.07, 6.45) is 7.67. The van der Waals surface area contributed by atoms with E-state index in [4.69, 9.17) is 0 Å². The van der Waals surface area contributed by atoms with Crippen molar-refractivity contribution in [2.45, 2.75) is 25.4 Å². The van der Waals surface area contributed by atoms with Crippen molar-refractivity contribution >= 4 is 11.8 Å². The molecule has 1 fully saturated rings. The molecule has 2 aromatic heterocycles. The molecular weight excluding hydrogens is 304 g/mol. The number of hydrogen-bond donors (Lipinski definition) is 0. The summed E-state index contributed by atoms with van der Waals surface area (Å²) in [7, 11) is 6.06. The zero-order chi connectivity index (χ0) is 16.9. The van der Waals surface area contributed by atoms with Gasteiger partial charge in [0.05, 0.1) is 18.9 Å². The minimum Gasteiger partial charge on any atom is -0.355 e. The second-order valence-electron chi connectivity index (χ2n) is 6.44. The average Bonchev–Trinajstić information content (AvgIpc) is 3.13. The molecule has 130 valence electrons. The molecule has 1 unspecified atom stereocenters. The lowest BCUT2D eigenvalue weighted by Crippen LogP contribution is -2.47. The Balaban J connectivity index is 1.60.